The second-order valence-corrected chi connectivity index (χ2v) is 6.36. The number of benzene rings is 3. The van der Waals surface area contributed by atoms with Gasteiger partial charge in [-0.3, -0.25) is 9.78 Å². The van der Waals surface area contributed by atoms with Gasteiger partial charge in [-0.1, -0.05) is 42.5 Å². The molecule has 0 saturated carbocycles. The maximum Gasteiger partial charge on any atom is 0.343 e. The van der Waals surface area contributed by atoms with Crippen molar-refractivity contribution >= 4 is 22.7 Å². The van der Waals surface area contributed by atoms with Gasteiger partial charge >= 0.3 is 5.97 Å². The van der Waals surface area contributed by atoms with E-state index in [2.05, 4.69) is 4.98 Å². The molecule has 0 radical (unpaired) electrons. The molecule has 0 amide bonds. The number of ketones is 1. The summed E-state index contributed by atoms with van der Waals surface area (Å²) in [5, 5.41) is 0.899. The number of carbonyl (C=O) groups excluding carboxylic acids is 2. The predicted molar refractivity (Wildman–Crippen MR) is 102 cm³/mol. The monoisotopic (exact) mass is 351 g/mol. The topological polar surface area (TPSA) is 56.3 Å². The van der Waals surface area contributed by atoms with E-state index in [1.54, 1.807) is 36.5 Å². The molecule has 1 heterocycles. The fourth-order valence-electron chi connectivity index (χ4n) is 3.47. The van der Waals surface area contributed by atoms with Crippen LogP contribution in [-0.2, 0) is 0 Å². The number of esters is 1. The molecule has 5 rings (SSSR count). The number of fused-ring (bicyclic) bond motifs is 4. The van der Waals surface area contributed by atoms with Crippen LogP contribution in [0.3, 0.4) is 0 Å². The highest BCUT2D eigenvalue weighted by atomic mass is 16.5. The third kappa shape index (κ3) is 2.42. The maximum atomic E-state index is 12.7. The summed E-state index contributed by atoms with van der Waals surface area (Å²) in [6.07, 6.45) is 1.66. The van der Waals surface area contributed by atoms with Gasteiger partial charge in [0, 0.05) is 22.7 Å². The Kier molecular flexibility index (Phi) is 3.37. The first-order chi connectivity index (χ1) is 13.2. The molecule has 1 aliphatic rings. The quantitative estimate of drug-likeness (QED) is 0.343. The number of para-hydroxylation sites is 1. The summed E-state index contributed by atoms with van der Waals surface area (Å²) in [5.74, 6) is -0.0818. The Hall–Kier alpha value is -3.79. The lowest BCUT2D eigenvalue weighted by atomic mass is 10.0. The fraction of sp³-hybridized carbons (Fsp3) is 0. The van der Waals surface area contributed by atoms with E-state index in [-0.39, 0.29) is 5.78 Å². The molecule has 0 fully saturated rings. The third-order valence-electron chi connectivity index (χ3n) is 4.76. The van der Waals surface area contributed by atoms with Gasteiger partial charge in [-0.2, -0.15) is 0 Å². The van der Waals surface area contributed by atoms with Crippen LogP contribution >= 0.6 is 0 Å². The second kappa shape index (κ2) is 5.88. The van der Waals surface area contributed by atoms with Crippen molar-refractivity contribution in [1.82, 2.24) is 4.98 Å². The molecule has 0 spiro atoms. The van der Waals surface area contributed by atoms with E-state index < -0.39 is 5.97 Å². The zero-order chi connectivity index (χ0) is 18.4. The van der Waals surface area contributed by atoms with Crippen molar-refractivity contribution in [2.75, 3.05) is 0 Å². The highest BCUT2D eigenvalue weighted by Crippen LogP contribution is 2.37. The molecule has 1 aliphatic carbocycles. The van der Waals surface area contributed by atoms with Gasteiger partial charge in [0.25, 0.3) is 0 Å². The average Bonchev–Trinajstić information content (AvgIpc) is 3.00. The van der Waals surface area contributed by atoms with Crippen molar-refractivity contribution in [3.8, 4) is 16.9 Å². The standard InChI is InChI=1S/C23H13NO3/c25-22-17-8-2-1-7-16(17)19-13-15(10-11-18(19)22)23(26)27-20-9-3-5-14-6-4-12-24-21(14)20/h1-13H. The molecule has 4 heteroatoms. The van der Waals surface area contributed by atoms with E-state index in [9.17, 15) is 9.59 Å². The molecule has 0 saturated heterocycles. The number of pyridine rings is 1. The van der Waals surface area contributed by atoms with Crippen molar-refractivity contribution in [3.63, 3.8) is 0 Å². The van der Waals surface area contributed by atoms with E-state index in [1.807, 2.05) is 42.5 Å². The number of hydrogen-bond acceptors (Lipinski definition) is 4. The zero-order valence-corrected chi connectivity index (χ0v) is 14.2. The number of carbonyl (C=O) groups is 2. The third-order valence-corrected chi connectivity index (χ3v) is 4.76. The molecule has 0 aliphatic heterocycles. The number of hydrogen-bond donors (Lipinski definition) is 0. The molecule has 4 nitrogen and oxygen atoms in total. The summed E-state index contributed by atoms with van der Waals surface area (Å²) in [5.41, 5.74) is 3.91. The molecule has 0 atom stereocenters. The van der Waals surface area contributed by atoms with Gasteiger partial charge in [-0.25, -0.2) is 4.79 Å². The Balaban J connectivity index is 1.53. The molecule has 1 aromatic heterocycles. The number of ether oxygens (including phenoxy) is 1. The summed E-state index contributed by atoms with van der Waals surface area (Å²) in [6.45, 7) is 0. The fourth-order valence-corrected chi connectivity index (χ4v) is 3.47. The Morgan fingerprint density at radius 2 is 1.56 bits per heavy atom. The smallest absolute Gasteiger partial charge is 0.343 e. The van der Waals surface area contributed by atoms with Crippen LogP contribution in [0, 0.1) is 0 Å². The van der Waals surface area contributed by atoms with Gasteiger partial charge in [0.2, 0.25) is 0 Å². The normalized spacial score (nSPS) is 11.9. The Morgan fingerprint density at radius 1 is 0.778 bits per heavy atom. The molecular weight excluding hydrogens is 338 g/mol. The van der Waals surface area contributed by atoms with Crippen LogP contribution in [0.4, 0.5) is 0 Å². The lowest BCUT2D eigenvalue weighted by molar-refractivity contribution is 0.0736. The number of aromatic nitrogens is 1. The van der Waals surface area contributed by atoms with Crippen molar-refractivity contribution in [2.24, 2.45) is 0 Å². The summed E-state index contributed by atoms with van der Waals surface area (Å²) in [6, 6.07) is 21.7. The van der Waals surface area contributed by atoms with Crippen LogP contribution in [-0.4, -0.2) is 16.7 Å². The van der Waals surface area contributed by atoms with Crippen LogP contribution in [0.25, 0.3) is 22.0 Å². The van der Waals surface area contributed by atoms with Crippen LogP contribution in [0.2, 0.25) is 0 Å². The molecule has 4 aromatic rings. The summed E-state index contributed by atoms with van der Waals surface area (Å²) in [7, 11) is 0. The highest BCUT2D eigenvalue weighted by Gasteiger charge is 2.27. The van der Waals surface area contributed by atoms with E-state index in [0.29, 0.717) is 28.0 Å². The van der Waals surface area contributed by atoms with Gasteiger partial charge in [-0.15, -0.1) is 0 Å². The average molecular weight is 351 g/mol. The second-order valence-electron chi connectivity index (χ2n) is 6.36. The van der Waals surface area contributed by atoms with Crippen molar-refractivity contribution in [2.45, 2.75) is 0 Å². The van der Waals surface area contributed by atoms with Gasteiger partial charge in [0.05, 0.1) is 5.56 Å². The molecule has 0 N–H and O–H groups in total. The lowest BCUT2D eigenvalue weighted by Gasteiger charge is -2.08. The van der Waals surface area contributed by atoms with Gasteiger partial charge in [0.1, 0.15) is 5.52 Å². The first-order valence-electron chi connectivity index (χ1n) is 8.56. The minimum absolute atomic E-state index is 0.0150. The van der Waals surface area contributed by atoms with Gasteiger partial charge in [0.15, 0.2) is 11.5 Å². The predicted octanol–water partition coefficient (Wildman–Crippen LogP) is 4.67. The molecule has 128 valence electrons. The van der Waals surface area contributed by atoms with Crippen molar-refractivity contribution in [1.29, 1.82) is 0 Å². The molecule has 27 heavy (non-hydrogen) atoms. The van der Waals surface area contributed by atoms with Crippen LogP contribution < -0.4 is 4.74 Å². The summed E-state index contributed by atoms with van der Waals surface area (Å²) in [4.78, 5) is 29.5. The van der Waals surface area contributed by atoms with Crippen molar-refractivity contribution in [3.05, 3.63) is 95.7 Å². The molecule has 0 bridgehead atoms. The zero-order valence-electron chi connectivity index (χ0n) is 14.2. The van der Waals surface area contributed by atoms with Crippen molar-refractivity contribution < 1.29 is 14.3 Å². The Morgan fingerprint density at radius 3 is 2.44 bits per heavy atom. The largest absolute Gasteiger partial charge is 0.421 e. The van der Waals surface area contributed by atoms with Gasteiger partial charge < -0.3 is 4.74 Å². The lowest BCUT2D eigenvalue weighted by Crippen LogP contribution is -2.09. The van der Waals surface area contributed by atoms with Crippen LogP contribution in [0.15, 0.2) is 79.0 Å². The van der Waals surface area contributed by atoms with E-state index in [4.69, 9.17) is 4.74 Å². The molecule has 3 aromatic carbocycles. The SMILES string of the molecule is O=C(Oc1cccc2cccnc12)c1ccc2c(c1)-c1ccccc1C2=O. The summed E-state index contributed by atoms with van der Waals surface area (Å²) >= 11 is 0. The number of nitrogens with zero attached hydrogens (tertiary/aromatic N) is 1. The highest BCUT2D eigenvalue weighted by molar-refractivity contribution is 6.22. The van der Waals surface area contributed by atoms with Crippen LogP contribution in [0.5, 0.6) is 5.75 Å². The van der Waals surface area contributed by atoms with E-state index >= 15 is 0 Å². The summed E-state index contributed by atoms with van der Waals surface area (Å²) < 4.78 is 5.60. The van der Waals surface area contributed by atoms with Crippen LogP contribution in [0.1, 0.15) is 26.3 Å². The minimum atomic E-state index is -0.479. The van der Waals surface area contributed by atoms with E-state index in [0.717, 1.165) is 16.5 Å². The minimum Gasteiger partial charge on any atom is -0.421 e. The first kappa shape index (κ1) is 15.5. The molecule has 0 unspecified atom stereocenters. The molecular formula is C23H13NO3. The Labute approximate surface area is 155 Å². The van der Waals surface area contributed by atoms with E-state index in [1.165, 1.54) is 0 Å². The first-order valence-corrected chi connectivity index (χ1v) is 8.56. The maximum absolute atomic E-state index is 12.7. The number of rotatable bonds is 2. The van der Waals surface area contributed by atoms with Gasteiger partial charge in [-0.05, 0) is 41.5 Å². The Bertz CT molecular complexity index is 1240.